The quantitative estimate of drug-likeness (QED) is 0.905. The number of carbonyl (C=O) groups is 1. The second-order valence-corrected chi connectivity index (χ2v) is 5.59. The number of nitrogens with one attached hydrogen (secondary N) is 1. The van der Waals surface area contributed by atoms with Gasteiger partial charge in [-0.15, -0.1) is 0 Å². The van der Waals surface area contributed by atoms with Crippen molar-refractivity contribution in [1.82, 2.24) is 5.32 Å². The molecule has 0 saturated heterocycles. The average Bonchev–Trinajstić information content (AvgIpc) is 2.54. The highest BCUT2D eigenvalue weighted by atomic mass is 16.5. The fraction of sp³-hybridized carbons (Fsp3) is 0.529. The molecule has 1 amide bonds. The Labute approximate surface area is 126 Å². The van der Waals surface area contributed by atoms with Gasteiger partial charge in [-0.2, -0.15) is 5.26 Å². The molecule has 1 aliphatic rings. The maximum Gasteiger partial charge on any atom is 0.259 e. The molecule has 1 N–H and O–H groups in total. The van der Waals surface area contributed by atoms with E-state index in [0.29, 0.717) is 5.75 Å². The van der Waals surface area contributed by atoms with Gasteiger partial charge in [0.1, 0.15) is 11.3 Å². The van der Waals surface area contributed by atoms with Crippen LogP contribution in [0.15, 0.2) is 24.3 Å². The van der Waals surface area contributed by atoms with Crippen LogP contribution in [0.5, 0.6) is 5.75 Å². The number of hydrogen-bond acceptors (Lipinski definition) is 3. The first-order valence-corrected chi connectivity index (χ1v) is 7.61. The molecule has 1 aliphatic carbocycles. The molecule has 112 valence electrons. The van der Waals surface area contributed by atoms with Crippen LogP contribution in [0.2, 0.25) is 0 Å². The molecular formula is C17H22N2O2. The van der Waals surface area contributed by atoms with Crippen LogP contribution < -0.4 is 10.1 Å². The second kappa shape index (κ2) is 7.12. The van der Waals surface area contributed by atoms with Crippen LogP contribution in [-0.2, 0) is 11.2 Å². The first-order valence-electron chi connectivity index (χ1n) is 7.61. The van der Waals surface area contributed by atoms with Crippen LogP contribution in [0.3, 0.4) is 0 Å². The van der Waals surface area contributed by atoms with E-state index in [1.807, 2.05) is 24.3 Å². The van der Waals surface area contributed by atoms with Crippen molar-refractivity contribution >= 4 is 5.91 Å². The lowest BCUT2D eigenvalue weighted by atomic mass is 9.83. The van der Waals surface area contributed by atoms with Crippen molar-refractivity contribution in [2.75, 3.05) is 6.61 Å². The van der Waals surface area contributed by atoms with Crippen LogP contribution in [0, 0.1) is 11.3 Å². The molecule has 0 heterocycles. The van der Waals surface area contributed by atoms with Gasteiger partial charge in [-0.25, -0.2) is 0 Å². The van der Waals surface area contributed by atoms with Gasteiger partial charge < -0.3 is 10.1 Å². The molecule has 4 heteroatoms. The zero-order valence-corrected chi connectivity index (χ0v) is 12.5. The minimum absolute atomic E-state index is 0.0467. The minimum Gasteiger partial charge on any atom is -0.484 e. The van der Waals surface area contributed by atoms with E-state index in [2.05, 4.69) is 18.3 Å². The predicted octanol–water partition coefficient (Wildman–Crippen LogP) is 2.97. The largest absolute Gasteiger partial charge is 0.484 e. The zero-order chi connectivity index (χ0) is 15.1. The monoisotopic (exact) mass is 286 g/mol. The van der Waals surface area contributed by atoms with E-state index < -0.39 is 5.54 Å². The van der Waals surface area contributed by atoms with Crippen molar-refractivity contribution in [2.45, 2.75) is 51.0 Å². The number of carbonyl (C=O) groups excluding carboxylic acids is 1. The van der Waals surface area contributed by atoms with Gasteiger partial charge >= 0.3 is 0 Å². The van der Waals surface area contributed by atoms with E-state index in [1.54, 1.807) is 0 Å². The third kappa shape index (κ3) is 4.22. The summed E-state index contributed by atoms with van der Waals surface area (Å²) in [6, 6.07) is 9.99. The zero-order valence-electron chi connectivity index (χ0n) is 12.5. The van der Waals surface area contributed by atoms with Gasteiger partial charge in [0.05, 0.1) is 6.07 Å². The topological polar surface area (TPSA) is 62.1 Å². The van der Waals surface area contributed by atoms with Gasteiger partial charge in [-0.1, -0.05) is 38.3 Å². The maximum atomic E-state index is 12.0. The van der Waals surface area contributed by atoms with Crippen molar-refractivity contribution in [3.63, 3.8) is 0 Å². The highest BCUT2D eigenvalue weighted by molar-refractivity contribution is 5.78. The molecule has 1 fully saturated rings. The van der Waals surface area contributed by atoms with Gasteiger partial charge in [-0.05, 0) is 37.0 Å². The molecule has 1 aromatic rings. The number of rotatable bonds is 5. The highest BCUT2D eigenvalue weighted by Gasteiger charge is 2.33. The number of nitriles is 1. The van der Waals surface area contributed by atoms with Gasteiger partial charge in [0.15, 0.2) is 6.61 Å². The maximum absolute atomic E-state index is 12.0. The Kier molecular flexibility index (Phi) is 5.21. The highest BCUT2D eigenvalue weighted by Crippen LogP contribution is 2.27. The summed E-state index contributed by atoms with van der Waals surface area (Å²) in [7, 11) is 0. The van der Waals surface area contributed by atoms with Gasteiger partial charge in [-0.3, -0.25) is 4.79 Å². The Morgan fingerprint density at radius 3 is 2.52 bits per heavy atom. The fourth-order valence-corrected chi connectivity index (χ4v) is 2.69. The molecular weight excluding hydrogens is 264 g/mol. The molecule has 0 aromatic heterocycles. The van der Waals surface area contributed by atoms with Crippen molar-refractivity contribution in [3.8, 4) is 11.8 Å². The van der Waals surface area contributed by atoms with E-state index in [4.69, 9.17) is 4.74 Å². The van der Waals surface area contributed by atoms with Crippen molar-refractivity contribution in [1.29, 1.82) is 5.26 Å². The van der Waals surface area contributed by atoms with Crippen LogP contribution in [0.25, 0.3) is 0 Å². The molecule has 0 radical (unpaired) electrons. The van der Waals surface area contributed by atoms with Gasteiger partial charge in [0.2, 0.25) is 0 Å². The summed E-state index contributed by atoms with van der Waals surface area (Å²) in [4.78, 5) is 12.0. The minimum atomic E-state index is -0.690. The molecule has 2 rings (SSSR count). The molecule has 0 spiro atoms. The van der Waals surface area contributed by atoms with Crippen molar-refractivity contribution in [3.05, 3.63) is 29.8 Å². The molecule has 0 atom stereocenters. The van der Waals surface area contributed by atoms with Crippen LogP contribution in [0.4, 0.5) is 0 Å². The standard InChI is InChI=1S/C17H22N2O2/c1-2-14-6-8-15(9-7-14)21-12-16(20)19-17(13-18)10-4-3-5-11-17/h6-9H,2-5,10-12H2,1H3,(H,19,20). The normalized spacial score (nSPS) is 16.8. The second-order valence-electron chi connectivity index (χ2n) is 5.59. The molecule has 0 bridgehead atoms. The summed E-state index contributed by atoms with van der Waals surface area (Å²) in [6.45, 7) is 2.05. The summed E-state index contributed by atoms with van der Waals surface area (Å²) in [5.74, 6) is 0.454. The lowest BCUT2D eigenvalue weighted by molar-refractivity contribution is -0.124. The van der Waals surface area contributed by atoms with Crippen LogP contribution in [0.1, 0.15) is 44.6 Å². The van der Waals surface area contributed by atoms with Crippen molar-refractivity contribution < 1.29 is 9.53 Å². The third-order valence-electron chi connectivity index (χ3n) is 4.00. The van der Waals surface area contributed by atoms with Gasteiger partial charge in [0, 0.05) is 0 Å². The summed E-state index contributed by atoms with van der Waals surface area (Å²) in [5.41, 5.74) is 0.544. The number of aryl methyl sites for hydroxylation is 1. The lowest BCUT2D eigenvalue weighted by Crippen LogP contribution is -2.50. The van der Waals surface area contributed by atoms with E-state index in [1.165, 1.54) is 5.56 Å². The average molecular weight is 286 g/mol. The number of ether oxygens (including phenoxy) is 1. The molecule has 0 aliphatic heterocycles. The SMILES string of the molecule is CCc1ccc(OCC(=O)NC2(C#N)CCCCC2)cc1. The van der Waals surface area contributed by atoms with E-state index >= 15 is 0 Å². The van der Waals surface area contributed by atoms with Gasteiger partial charge in [0.25, 0.3) is 5.91 Å². The first kappa shape index (κ1) is 15.4. The Morgan fingerprint density at radius 1 is 1.29 bits per heavy atom. The summed E-state index contributed by atoms with van der Waals surface area (Å²) in [6.07, 6.45) is 5.58. The van der Waals surface area contributed by atoms with E-state index in [0.717, 1.165) is 38.5 Å². The Hall–Kier alpha value is -2.02. The molecule has 1 saturated carbocycles. The summed E-state index contributed by atoms with van der Waals surface area (Å²) in [5, 5.41) is 12.2. The molecule has 4 nitrogen and oxygen atoms in total. The number of benzene rings is 1. The predicted molar refractivity (Wildman–Crippen MR) is 80.9 cm³/mol. The number of nitrogens with zero attached hydrogens (tertiary/aromatic N) is 1. The number of hydrogen-bond donors (Lipinski definition) is 1. The molecule has 1 aromatic carbocycles. The Morgan fingerprint density at radius 2 is 1.95 bits per heavy atom. The van der Waals surface area contributed by atoms with E-state index in [-0.39, 0.29) is 12.5 Å². The Bertz CT molecular complexity index is 511. The lowest BCUT2D eigenvalue weighted by Gasteiger charge is -2.31. The molecule has 0 unspecified atom stereocenters. The third-order valence-corrected chi connectivity index (χ3v) is 4.00. The summed E-state index contributed by atoms with van der Waals surface area (Å²) >= 11 is 0. The Balaban J connectivity index is 1.85. The smallest absolute Gasteiger partial charge is 0.259 e. The molecule has 21 heavy (non-hydrogen) atoms. The fourth-order valence-electron chi connectivity index (χ4n) is 2.69. The van der Waals surface area contributed by atoms with E-state index in [9.17, 15) is 10.1 Å². The number of amides is 1. The van der Waals surface area contributed by atoms with Crippen LogP contribution >= 0.6 is 0 Å². The van der Waals surface area contributed by atoms with Crippen molar-refractivity contribution in [2.24, 2.45) is 0 Å². The first-order chi connectivity index (χ1) is 10.2. The van der Waals surface area contributed by atoms with Crippen LogP contribution in [-0.4, -0.2) is 18.1 Å². The summed E-state index contributed by atoms with van der Waals surface area (Å²) < 4.78 is 5.48.